The molecule has 0 aliphatic heterocycles. The van der Waals surface area contributed by atoms with Crippen LogP contribution in [0.1, 0.15) is 27.0 Å². The molecule has 0 fully saturated rings. The van der Waals surface area contributed by atoms with E-state index in [0.717, 1.165) is 27.1 Å². The second-order valence-corrected chi connectivity index (χ2v) is 12.7. The van der Waals surface area contributed by atoms with Gasteiger partial charge in [-0.05, 0) is 70.3 Å². The number of aromatic hydroxyl groups is 1. The molecule has 0 unspecified atom stereocenters. The summed E-state index contributed by atoms with van der Waals surface area (Å²) in [6.45, 7) is -0.215. The summed E-state index contributed by atoms with van der Waals surface area (Å²) in [5.41, 5.74) is 3.75. The number of carbonyl (C=O) groups excluding carboxylic acids is 1. The smallest absolute Gasteiger partial charge is 0.247 e. The quantitative estimate of drug-likeness (QED) is 0.157. The van der Waals surface area contributed by atoms with E-state index in [0.29, 0.717) is 16.1 Å². The lowest BCUT2D eigenvalue weighted by molar-refractivity contribution is 0.0992. The van der Waals surface area contributed by atoms with Crippen LogP contribution in [0.5, 0.6) is 5.75 Å². The van der Waals surface area contributed by atoms with Crippen LogP contribution in [0.25, 0.3) is 11.1 Å². The summed E-state index contributed by atoms with van der Waals surface area (Å²) in [5, 5.41) is 11.2. The van der Waals surface area contributed by atoms with Crippen LogP contribution in [0, 0.1) is 5.82 Å². The first-order valence-electron chi connectivity index (χ1n) is 13.3. The van der Waals surface area contributed by atoms with Gasteiger partial charge in [-0.3, -0.25) is 4.79 Å². The molecule has 0 saturated heterocycles. The van der Waals surface area contributed by atoms with Crippen LogP contribution in [0.15, 0.2) is 120 Å². The van der Waals surface area contributed by atoms with E-state index in [4.69, 9.17) is 23.2 Å². The van der Waals surface area contributed by atoms with Crippen LogP contribution >= 0.6 is 23.2 Å². The average Bonchev–Trinajstić information content (AvgIpc) is 3.00. The molecular formula is C34H26Cl2FNO4S. The van der Waals surface area contributed by atoms with Gasteiger partial charge < -0.3 is 5.11 Å². The van der Waals surface area contributed by atoms with Gasteiger partial charge in [0.05, 0.1) is 5.02 Å². The number of halogens is 3. The van der Waals surface area contributed by atoms with E-state index in [9.17, 15) is 22.7 Å². The van der Waals surface area contributed by atoms with Crippen LogP contribution in [-0.4, -0.2) is 23.6 Å². The molecule has 1 N–H and O–H groups in total. The molecular weight excluding hydrogens is 608 g/mol. The van der Waals surface area contributed by atoms with Crippen molar-refractivity contribution in [3.8, 4) is 16.9 Å². The number of sulfonamides is 1. The second kappa shape index (κ2) is 13.1. The summed E-state index contributed by atoms with van der Waals surface area (Å²) in [6, 6.07) is 31.6. The lowest BCUT2D eigenvalue weighted by Crippen LogP contribution is -2.30. The van der Waals surface area contributed by atoms with Crippen molar-refractivity contribution in [1.29, 1.82) is 0 Å². The number of nitrogens with zero attached hydrogens (tertiary/aromatic N) is 1. The summed E-state index contributed by atoms with van der Waals surface area (Å²) in [5.74, 6) is -1.47. The third kappa shape index (κ3) is 7.32. The summed E-state index contributed by atoms with van der Waals surface area (Å²) in [4.78, 5) is 12.6. The SMILES string of the molecule is O=C(Cc1ccccc1)c1cc(Cl)c(O)c(S(=O)(=O)N(Cc2ccc(F)cc2)Cc2cccc(-c3ccc(Cl)cc3)c2)c1. The van der Waals surface area contributed by atoms with Gasteiger partial charge in [0, 0.05) is 30.1 Å². The van der Waals surface area contributed by atoms with Gasteiger partial charge >= 0.3 is 0 Å². The van der Waals surface area contributed by atoms with Crippen molar-refractivity contribution in [1.82, 2.24) is 4.31 Å². The molecule has 0 bridgehead atoms. The molecule has 9 heteroatoms. The van der Waals surface area contributed by atoms with Gasteiger partial charge in [-0.25, -0.2) is 12.8 Å². The number of benzene rings is 5. The normalized spacial score (nSPS) is 11.5. The van der Waals surface area contributed by atoms with Gasteiger partial charge in [-0.15, -0.1) is 0 Å². The van der Waals surface area contributed by atoms with E-state index >= 15 is 0 Å². The fourth-order valence-electron chi connectivity index (χ4n) is 4.67. The third-order valence-corrected chi connectivity index (χ3v) is 9.26. The summed E-state index contributed by atoms with van der Waals surface area (Å²) < 4.78 is 43.2. The molecule has 5 rings (SSSR count). The number of Topliss-reactive ketones (excluding diaryl/α,β-unsaturated/α-hetero) is 1. The molecule has 0 radical (unpaired) electrons. The highest BCUT2D eigenvalue weighted by molar-refractivity contribution is 7.89. The zero-order valence-electron chi connectivity index (χ0n) is 22.8. The Kier molecular flexibility index (Phi) is 9.28. The summed E-state index contributed by atoms with van der Waals surface area (Å²) in [7, 11) is -4.44. The van der Waals surface area contributed by atoms with E-state index in [1.165, 1.54) is 30.3 Å². The Morgan fingerprint density at radius 3 is 2.07 bits per heavy atom. The van der Waals surface area contributed by atoms with Gasteiger partial charge in [-0.1, -0.05) is 96.0 Å². The van der Waals surface area contributed by atoms with Gasteiger partial charge in [-0.2, -0.15) is 4.31 Å². The maximum absolute atomic E-state index is 14.2. The monoisotopic (exact) mass is 633 g/mol. The summed E-state index contributed by atoms with van der Waals surface area (Å²) in [6.07, 6.45) is 0.0260. The first-order valence-corrected chi connectivity index (χ1v) is 15.5. The topological polar surface area (TPSA) is 74.7 Å². The number of phenolic OH excluding ortho intramolecular Hbond substituents is 1. The Bertz CT molecular complexity index is 1860. The molecule has 0 aliphatic carbocycles. The van der Waals surface area contributed by atoms with Crippen molar-refractivity contribution < 1.29 is 22.7 Å². The maximum Gasteiger partial charge on any atom is 0.247 e. The number of rotatable bonds is 10. The van der Waals surface area contributed by atoms with Crippen molar-refractivity contribution in [3.05, 3.63) is 153 Å². The highest BCUT2D eigenvalue weighted by Gasteiger charge is 2.30. The van der Waals surface area contributed by atoms with Crippen LogP contribution in [-0.2, 0) is 29.5 Å². The molecule has 0 aliphatic rings. The van der Waals surface area contributed by atoms with Crippen molar-refractivity contribution in [2.75, 3.05) is 0 Å². The van der Waals surface area contributed by atoms with Crippen LogP contribution in [0.2, 0.25) is 10.0 Å². The molecule has 0 aromatic heterocycles. The number of carbonyl (C=O) groups is 1. The Balaban J connectivity index is 1.53. The lowest BCUT2D eigenvalue weighted by Gasteiger charge is -2.24. The largest absolute Gasteiger partial charge is 0.505 e. The van der Waals surface area contributed by atoms with Crippen molar-refractivity contribution in [3.63, 3.8) is 0 Å². The number of phenols is 1. The van der Waals surface area contributed by atoms with Crippen molar-refractivity contribution in [2.24, 2.45) is 0 Å². The van der Waals surface area contributed by atoms with Gasteiger partial charge in [0.1, 0.15) is 10.7 Å². The Labute approximate surface area is 259 Å². The molecule has 5 aromatic carbocycles. The highest BCUT2D eigenvalue weighted by atomic mass is 35.5. The summed E-state index contributed by atoms with van der Waals surface area (Å²) >= 11 is 12.3. The van der Waals surface area contributed by atoms with E-state index in [1.54, 1.807) is 42.5 Å². The Morgan fingerprint density at radius 1 is 0.721 bits per heavy atom. The number of hydrogen-bond acceptors (Lipinski definition) is 4. The highest BCUT2D eigenvalue weighted by Crippen LogP contribution is 2.36. The van der Waals surface area contributed by atoms with Crippen molar-refractivity contribution >= 4 is 39.0 Å². The molecule has 0 atom stereocenters. The van der Waals surface area contributed by atoms with Crippen molar-refractivity contribution in [2.45, 2.75) is 24.4 Å². The second-order valence-electron chi connectivity index (χ2n) is 10.00. The van der Waals surface area contributed by atoms with Gasteiger partial charge in [0.25, 0.3) is 0 Å². The predicted molar refractivity (Wildman–Crippen MR) is 167 cm³/mol. The molecule has 0 spiro atoms. The van der Waals surface area contributed by atoms with E-state index < -0.39 is 26.5 Å². The van der Waals surface area contributed by atoms with E-state index in [2.05, 4.69) is 0 Å². The standard InChI is InChI=1S/C34H26Cl2FNO4S/c35-29-13-11-26(12-14-29)27-8-4-7-25(17-27)22-38(21-24-9-15-30(37)16-10-24)43(41,42)33-20-28(19-31(36)34(33)40)32(39)18-23-5-2-1-3-6-23/h1-17,19-20,40H,18,21-22H2. The zero-order chi connectivity index (χ0) is 30.6. The van der Waals surface area contributed by atoms with E-state index in [-0.39, 0.29) is 35.9 Å². The maximum atomic E-state index is 14.2. The van der Waals surface area contributed by atoms with Gasteiger partial charge in [0.15, 0.2) is 11.5 Å². The minimum absolute atomic E-state index is 0.0260. The fourth-order valence-corrected chi connectivity index (χ4v) is 6.62. The molecule has 0 heterocycles. The first-order chi connectivity index (χ1) is 20.6. The predicted octanol–water partition coefficient (Wildman–Crippen LogP) is 8.32. The molecule has 0 amide bonds. The molecule has 5 nitrogen and oxygen atoms in total. The minimum Gasteiger partial charge on any atom is -0.505 e. The number of ketones is 1. The third-order valence-electron chi connectivity index (χ3n) is 6.91. The van der Waals surface area contributed by atoms with Crippen LogP contribution < -0.4 is 0 Å². The zero-order valence-corrected chi connectivity index (χ0v) is 25.1. The van der Waals surface area contributed by atoms with E-state index in [1.807, 2.05) is 36.4 Å². The lowest BCUT2D eigenvalue weighted by atomic mass is 10.0. The van der Waals surface area contributed by atoms with Crippen LogP contribution in [0.3, 0.4) is 0 Å². The minimum atomic E-state index is -4.44. The number of hydrogen-bond donors (Lipinski definition) is 1. The Morgan fingerprint density at radius 2 is 1.37 bits per heavy atom. The molecule has 218 valence electrons. The van der Waals surface area contributed by atoms with Crippen LogP contribution in [0.4, 0.5) is 4.39 Å². The average molecular weight is 635 g/mol. The van der Waals surface area contributed by atoms with Gasteiger partial charge in [0.2, 0.25) is 10.0 Å². The first kappa shape index (κ1) is 30.4. The fraction of sp³-hybridized carbons (Fsp3) is 0.0882. The molecule has 43 heavy (non-hydrogen) atoms. The molecule has 5 aromatic rings. The Hall–Kier alpha value is -4.01. The molecule has 0 saturated carbocycles.